The maximum Gasteiger partial charge on any atom is 0.255 e. The summed E-state index contributed by atoms with van der Waals surface area (Å²) in [5.41, 5.74) is 3.94. The Hall–Kier alpha value is -4.14. The number of nitrogens with zero attached hydrogens (tertiary/aromatic N) is 1. The molecule has 2 amide bonds. The van der Waals surface area contributed by atoms with E-state index in [4.69, 9.17) is 4.74 Å². The number of carbonyl (C=O) groups excluding carboxylic acids is 2. The van der Waals surface area contributed by atoms with Crippen molar-refractivity contribution in [1.29, 1.82) is 0 Å². The van der Waals surface area contributed by atoms with Crippen molar-refractivity contribution in [2.24, 2.45) is 0 Å². The molecule has 1 aromatic heterocycles. The van der Waals surface area contributed by atoms with Crippen LogP contribution in [0.3, 0.4) is 0 Å². The lowest BCUT2D eigenvalue weighted by Crippen LogP contribution is -2.19. The molecule has 0 saturated heterocycles. The third kappa shape index (κ3) is 6.04. The van der Waals surface area contributed by atoms with Crippen LogP contribution in [0.15, 0.2) is 102 Å². The first kappa shape index (κ1) is 25.5. The lowest BCUT2D eigenvalue weighted by Gasteiger charge is -2.17. The van der Waals surface area contributed by atoms with E-state index in [0.29, 0.717) is 16.4 Å². The van der Waals surface area contributed by atoms with E-state index in [1.807, 2.05) is 97.9 Å². The standard InChI is InChI=1S/C30H25N3O3S2/c1-19-8-6-11-21(16-19)28(34)31-22-12-7-13-24(17-22)37-27(20-9-4-3-5-10-20)29(35)33-30-32-25-15-14-23(36-2)18-26(25)38-30/h3-18,27H,1-2H3,(H,31,34)(H,32,33,35). The molecule has 0 aliphatic heterocycles. The Bertz CT molecular complexity index is 1600. The van der Waals surface area contributed by atoms with Crippen molar-refractivity contribution in [3.8, 4) is 5.75 Å². The second-order valence-corrected chi connectivity index (χ2v) is 10.8. The molecular formula is C30H25N3O3S2. The number of anilines is 2. The Morgan fingerprint density at radius 1 is 0.895 bits per heavy atom. The molecule has 1 unspecified atom stereocenters. The largest absolute Gasteiger partial charge is 0.497 e. The molecule has 0 fully saturated rings. The number of amides is 2. The van der Waals surface area contributed by atoms with Gasteiger partial charge in [-0.15, -0.1) is 11.8 Å². The number of rotatable bonds is 8. The number of nitrogens with one attached hydrogen (secondary N) is 2. The van der Waals surface area contributed by atoms with Crippen LogP contribution in [0.4, 0.5) is 10.8 Å². The zero-order valence-electron chi connectivity index (χ0n) is 20.8. The summed E-state index contributed by atoms with van der Waals surface area (Å²) >= 11 is 2.82. The van der Waals surface area contributed by atoms with Gasteiger partial charge in [0.2, 0.25) is 5.91 Å². The second kappa shape index (κ2) is 11.5. The number of thiazole rings is 1. The summed E-state index contributed by atoms with van der Waals surface area (Å²) in [6, 6.07) is 30.2. The van der Waals surface area contributed by atoms with Crippen LogP contribution in [-0.2, 0) is 4.79 Å². The summed E-state index contributed by atoms with van der Waals surface area (Å²) in [5, 5.41) is 5.96. The van der Waals surface area contributed by atoms with E-state index >= 15 is 0 Å². The van der Waals surface area contributed by atoms with Gasteiger partial charge in [-0.05, 0) is 61.0 Å². The number of hydrogen-bond acceptors (Lipinski definition) is 6. The number of aromatic nitrogens is 1. The average molecular weight is 540 g/mol. The number of aryl methyl sites for hydroxylation is 1. The monoisotopic (exact) mass is 539 g/mol. The number of ether oxygens (including phenoxy) is 1. The van der Waals surface area contributed by atoms with Crippen LogP contribution in [0.25, 0.3) is 10.2 Å². The van der Waals surface area contributed by atoms with E-state index in [9.17, 15) is 9.59 Å². The molecule has 4 aromatic carbocycles. The highest BCUT2D eigenvalue weighted by molar-refractivity contribution is 8.00. The van der Waals surface area contributed by atoms with Gasteiger partial charge in [0.05, 0.1) is 17.3 Å². The SMILES string of the molecule is COc1ccc2nc(NC(=O)C(Sc3cccc(NC(=O)c4cccc(C)c4)c3)c3ccccc3)sc2c1. The summed E-state index contributed by atoms with van der Waals surface area (Å²) in [4.78, 5) is 31.7. The zero-order chi connectivity index (χ0) is 26.5. The van der Waals surface area contributed by atoms with E-state index in [1.54, 1.807) is 13.2 Å². The maximum atomic E-state index is 13.5. The molecule has 38 heavy (non-hydrogen) atoms. The zero-order valence-corrected chi connectivity index (χ0v) is 22.4. The predicted molar refractivity (Wildman–Crippen MR) is 155 cm³/mol. The van der Waals surface area contributed by atoms with Crippen molar-refractivity contribution in [2.45, 2.75) is 17.1 Å². The quantitative estimate of drug-likeness (QED) is 0.202. The fourth-order valence-corrected chi connectivity index (χ4v) is 5.91. The number of methoxy groups -OCH3 is 1. The molecule has 5 rings (SSSR count). The third-order valence-electron chi connectivity index (χ3n) is 5.79. The van der Waals surface area contributed by atoms with Crippen molar-refractivity contribution in [2.75, 3.05) is 17.7 Å². The Kier molecular flexibility index (Phi) is 7.72. The Labute approximate surface area is 229 Å². The molecule has 8 heteroatoms. The van der Waals surface area contributed by atoms with Gasteiger partial charge in [-0.25, -0.2) is 4.98 Å². The van der Waals surface area contributed by atoms with Gasteiger partial charge in [-0.3, -0.25) is 9.59 Å². The fraction of sp³-hybridized carbons (Fsp3) is 0.100. The summed E-state index contributed by atoms with van der Waals surface area (Å²) in [5.74, 6) is 0.383. The lowest BCUT2D eigenvalue weighted by molar-refractivity contribution is -0.115. The molecule has 0 aliphatic rings. The fourth-order valence-electron chi connectivity index (χ4n) is 3.93. The normalized spacial score (nSPS) is 11.6. The summed E-state index contributed by atoms with van der Waals surface area (Å²) in [6.07, 6.45) is 0. The van der Waals surface area contributed by atoms with Crippen LogP contribution in [0, 0.1) is 6.92 Å². The highest BCUT2D eigenvalue weighted by Crippen LogP contribution is 2.38. The average Bonchev–Trinajstić information content (AvgIpc) is 3.33. The highest BCUT2D eigenvalue weighted by atomic mass is 32.2. The Balaban J connectivity index is 1.36. The minimum Gasteiger partial charge on any atom is -0.497 e. The van der Waals surface area contributed by atoms with E-state index in [1.165, 1.54) is 23.1 Å². The van der Waals surface area contributed by atoms with E-state index in [0.717, 1.165) is 32.0 Å². The first-order valence-electron chi connectivity index (χ1n) is 11.9. The lowest BCUT2D eigenvalue weighted by atomic mass is 10.1. The summed E-state index contributed by atoms with van der Waals surface area (Å²) < 4.78 is 6.23. The first-order valence-corrected chi connectivity index (χ1v) is 13.6. The van der Waals surface area contributed by atoms with Crippen LogP contribution in [0.2, 0.25) is 0 Å². The molecule has 0 radical (unpaired) electrons. The molecule has 0 saturated carbocycles. The molecule has 5 aromatic rings. The molecule has 0 bridgehead atoms. The molecular weight excluding hydrogens is 514 g/mol. The maximum absolute atomic E-state index is 13.5. The van der Waals surface area contributed by atoms with Gasteiger partial charge in [-0.2, -0.15) is 0 Å². The number of carbonyl (C=O) groups is 2. The van der Waals surface area contributed by atoms with Gasteiger partial charge in [0, 0.05) is 16.1 Å². The summed E-state index contributed by atoms with van der Waals surface area (Å²) in [7, 11) is 1.62. The van der Waals surface area contributed by atoms with Crippen molar-refractivity contribution >= 4 is 55.9 Å². The number of fused-ring (bicyclic) bond motifs is 1. The molecule has 0 spiro atoms. The van der Waals surface area contributed by atoms with Crippen molar-refractivity contribution < 1.29 is 14.3 Å². The van der Waals surface area contributed by atoms with Gasteiger partial charge in [0.15, 0.2) is 5.13 Å². The van der Waals surface area contributed by atoms with Crippen molar-refractivity contribution in [1.82, 2.24) is 4.98 Å². The topological polar surface area (TPSA) is 80.3 Å². The van der Waals surface area contributed by atoms with E-state index < -0.39 is 5.25 Å². The Morgan fingerprint density at radius 2 is 1.71 bits per heavy atom. The van der Waals surface area contributed by atoms with Gasteiger partial charge in [0.25, 0.3) is 5.91 Å². The van der Waals surface area contributed by atoms with Gasteiger partial charge in [0.1, 0.15) is 11.0 Å². The smallest absolute Gasteiger partial charge is 0.255 e. The number of benzene rings is 4. The first-order chi connectivity index (χ1) is 18.5. The van der Waals surface area contributed by atoms with Crippen LogP contribution in [0.5, 0.6) is 5.75 Å². The molecule has 1 atom stereocenters. The van der Waals surface area contributed by atoms with Gasteiger partial charge in [-0.1, -0.05) is 65.4 Å². The molecule has 1 heterocycles. The molecule has 190 valence electrons. The van der Waals surface area contributed by atoms with Gasteiger partial charge >= 0.3 is 0 Å². The van der Waals surface area contributed by atoms with Crippen molar-refractivity contribution in [3.05, 3.63) is 114 Å². The summed E-state index contributed by atoms with van der Waals surface area (Å²) in [6.45, 7) is 1.95. The minimum absolute atomic E-state index is 0.179. The Morgan fingerprint density at radius 3 is 2.50 bits per heavy atom. The number of thioether (sulfide) groups is 1. The van der Waals surface area contributed by atoms with Gasteiger partial charge < -0.3 is 15.4 Å². The van der Waals surface area contributed by atoms with E-state index in [-0.39, 0.29) is 11.8 Å². The third-order valence-corrected chi connectivity index (χ3v) is 7.97. The second-order valence-electron chi connectivity index (χ2n) is 8.60. The van der Waals surface area contributed by atoms with E-state index in [2.05, 4.69) is 15.6 Å². The minimum atomic E-state index is -0.527. The van der Waals surface area contributed by atoms with Crippen LogP contribution < -0.4 is 15.4 Å². The van der Waals surface area contributed by atoms with Crippen LogP contribution in [-0.4, -0.2) is 23.9 Å². The highest BCUT2D eigenvalue weighted by Gasteiger charge is 2.23. The molecule has 0 aliphatic carbocycles. The van der Waals surface area contributed by atoms with Crippen LogP contribution in [0.1, 0.15) is 26.7 Å². The molecule has 6 nitrogen and oxygen atoms in total. The predicted octanol–water partition coefficient (Wildman–Crippen LogP) is 7.34. The molecule has 2 N–H and O–H groups in total. The van der Waals surface area contributed by atoms with Crippen LogP contribution >= 0.6 is 23.1 Å². The van der Waals surface area contributed by atoms with Crippen molar-refractivity contribution in [3.63, 3.8) is 0 Å². The number of hydrogen-bond donors (Lipinski definition) is 2.